The van der Waals surface area contributed by atoms with E-state index in [4.69, 9.17) is 0 Å². The molecular formula is C26H23N3O3S. The quantitative estimate of drug-likeness (QED) is 0.508. The second-order valence-corrected chi connectivity index (χ2v) is 9.33. The van der Waals surface area contributed by atoms with Crippen LogP contribution in [0.5, 0.6) is 0 Å². The van der Waals surface area contributed by atoms with Crippen molar-refractivity contribution in [3.05, 3.63) is 114 Å². The number of carbonyl (C=O) groups excluding carboxylic acids is 1. The first-order chi connectivity index (χ1) is 15.8. The van der Waals surface area contributed by atoms with Crippen LogP contribution >= 0.6 is 0 Å². The lowest BCUT2D eigenvalue weighted by Gasteiger charge is -2.20. The average molecular weight is 458 g/mol. The molecule has 0 bridgehead atoms. The molecule has 7 heteroatoms. The Morgan fingerprint density at radius 1 is 0.667 bits per heavy atom. The van der Waals surface area contributed by atoms with E-state index in [2.05, 4.69) is 15.0 Å². The number of benzene rings is 3. The standard InChI is InChI=1S/C26H23N3O3S/c1-18-8-12-20(13-9-18)27-23-16-25(29-33(31,32)22-6-4-3-5-7-22)26(30)17-24(23)28-21-14-10-19(2)11-15-21/h3-17,27-28H,1-2H3/b29-25+. The number of rotatable bonds is 6. The van der Waals surface area contributed by atoms with Crippen LogP contribution in [-0.2, 0) is 14.8 Å². The van der Waals surface area contributed by atoms with Crippen molar-refractivity contribution in [2.75, 3.05) is 10.6 Å². The Morgan fingerprint density at radius 3 is 1.67 bits per heavy atom. The van der Waals surface area contributed by atoms with Gasteiger partial charge in [-0.25, -0.2) is 0 Å². The molecule has 166 valence electrons. The fraction of sp³-hybridized carbons (Fsp3) is 0.0769. The van der Waals surface area contributed by atoms with Crippen LogP contribution < -0.4 is 10.6 Å². The van der Waals surface area contributed by atoms with Crippen molar-refractivity contribution >= 4 is 32.9 Å². The molecule has 1 aliphatic rings. The number of aryl methyl sites for hydroxylation is 2. The summed E-state index contributed by atoms with van der Waals surface area (Å²) in [5, 5.41) is 6.51. The summed E-state index contributed by atoms with van der Waals surface area (Å²) < 4.78 is 29.3. The van der Waals surface area contributed by atoms with Crippen LogP contribution in [0.25, 0.3) is 0 Å². The molecule has 2 N–H and O–H groups in total. The normalized spacial score (nSPS) is 15.1. The Balaban J connectivity index is 1.72. The zero-order valence-corrected chi connectivity index (χ0v) is 19.1. The summed E-state index contributed by atoms with van der Waals surface area (Å²) in [5.41, 5.74) is 4.70. The number of carbonyl (C=O) groups is 1. The zero-order chi connectivity index (χ0) is 23.4. The number of hydrogen-bond acceptors (Lipinski definition) is 5. The van der Waals surface area contributed by atoms with Gasteiger partial charge in [0.05, 0.1) is 16.3 Å². The largest absolute Gasteiger partial charge is 0.354 e. The van der Waals surface area contributed by atoms with Gasteiger partial charge in [0.1, 0.15) is 5.71 Å². The molecule has 0 saturated heterocycles. The summed E-state index contributed by atoms with van der Waals surface area (Å²) in [7, 11) is -4.03. The zero-order valence-electron chi connectivity index (χ0n) is 18.2. The molecule has 0 atom stereocenters. The van der Waals surface area contributed by atoms with Crippen LogP contribution in [0.2, 0.25) is 0 Å². The molecule has 3 aromatic rings. The van der Waals surface area contributed by atoms with Crippen LogP contribution in [0.3, 0.4) is 0 Å². The second-order valence-electron chi connectivity index (χ2n) is 7.73. The molecule has 3 aromatic carbocycles. The van der Waals surface area contributed by atoms with Crippen molar-refractivity contribution in [2.45, 2.75) is 18.7 Å². The summed E-state index contributed by atoms with van der Waals surface area (Å²) in [6.07, 6.45) is 2.81. The van der Waals surface area contributed by atoms with Gasteiger partial charge in [-0.1, -0.05) is 53.6 Å². The molecule has 1 aliphatic carbocycles. The van der Waals surface area contributed by atoms with Crippen LogP contribution in [0.15, 0.2) is 112 Å². The number of sulfonamides is 1. The summed E-state index contributed by atoms with van der Waals surface area (Å²) >= 11 is 0. The van der Waals surface area contributed by atoms with Gasteiger partial charge in [-0.05, 0) is 56.3 Å². The summed E-state index contributed by atoms with van der Waals surface area (Å²) in [5.74, 6) is -0.501. The molecule has 0 spiro atoms. The predicted octanol–water partition coefficient (Wildman–Crippen LogP) is 5.01. The molecule has 6 nitrogen and oxygen atoms in total. The van der Waals surface area contributed by atoms with Gasteiger partial charge in [0.2, 0.25) is 5.78 Å². The van der Waals surface area contributed by atoms with E-state index in [0.29, 0.717) is 11.4 Å². The second kappa shape index (κ2) is 9.26. The molecular weight excluding hydrogens is 434 g/mol. The van der Waals surface area contributed by atoms with Crippen LogP contribution in [-0.4, -0.2) is 19.9 Å². The van der Waals surface area contributed by atoms with Crippen molar-refractivity contribution in [2.24, 2.45) is 4.40 Å². The van der Waals surface area contributed by atoms with E-state index in [-0.39, 0.29) is 10.6 Å². The van der Waals surface area contributed by atoms with Crippen molar-refractivity contribution in [3.8, 4) is 0 Å². The smallest absolute Gasteiger partial charge is 0.282 e. The number of nitrogens with zero attached hydrogens (tertiary/aromatic N) is 1. The van der Waals surface area contributed by atoms with Crippen molar-refractivity contribution < 1.29 is 13.2 Å². The first kappa shape index (κ1) is 22.2. The molecule has 0 fully saturated rings. The van der Waals surface area contributed by atoms with Crippen LogP contribution in [0.1, 0.15) is 11.1 Å². The first-order valence-corrected chi connectivity index (χ1v) is 11.8. The highest BCUT2D eigenvalue weighted by atomic mass is 32.2. The van der Waals surface area contributed by atoms with Crippen LogP contribution in [0, 0.1) is 13.8 Å². The van der Waals surface area contributed by atoms with E-state index < -0.39 is 15.8 Å². The fourth-order valence-corrected chi connectivity index (χ4v) is 4.21. The van der Waals surface area contributed by atoms with Crippen molar-refractivity contribution in [1.29, 1.82) is 0 Å². The van der Waals surface area contributed by atoms with E-state index in [0.717, 1.165) is 22.5 Å². The minimum atomic E-state index is -4.03. The summed E-state index contributed by atoms with van der Waals surface area (Å²) in [6, 6.07) is 23.3. The Labute approximate surface area is 193 Å². The number of anilines is 2. The van der Waals surface area contributed by atoms with E-state index in [1.54, 1.807) is 18.2 Å². The van der Waals surface area contributed by atoms with Gasteiger partial charge in [-0.2, -0.15) is 12.8 Å². The van der Waals surface area contributed by atoms with E-state index >= 15 is 0 Å². The maximum Gasteiger partial charge on any atom is 0.282 e. The Hall–Kier alpha value is -3.97. The van der Waals surface area contributed by atoms with Gasteiger partial charge >= 0.3 is 0 Å². The lowest BCUT2D eigenvalue weighted by molar-refractivity contribution is -0.108. The third-order valence-electron chi connectivity index (χ3n) is 5.02. The highest BCUT2D eigenvalue weighted by Gasteiger charge is 2.23. The van der Waals surface area contributed by atoms with Gasteiger partial charge in [0.15, 0.2) is 0 Å². The highest BCUT2D eigenvalue weighted by Crippen LogP contribution is 2.23. The number of ketones is 1. The van der Waals surface area contributed by atoms with Crippen molar-refractivity contribution in [3.63, 3.8) is 0 Å². The Kier molecular flexibility index (Phi) is 6.24. The predicted molar refractivity (Wildman–Crippen MR) is 132 cm³/mol. The monoisotopic (exact) mass is 457 g/mol. The molecule has 4 rings (SSSR count). The Morgan fingerprint density at radius 2 is 1.15 bits per heavy atom. The number of allylic oxidation sites excluding steroid dienone is 2. The van der Waals surface area contributed by atoms with Crippen molar-refractivity contribution in [1.82, 2.24) is 0 Å². The maximum atomic E-state index is 12.8. The third-order valence-corrected chi connectivity index (χ3v) is 6.32. The van der Waals surface area contributed by atoms with Crippen LogP contribution in [0.4, 0.5) is 11.4 Å². The SMILES string of the molecule is Cc1ccc(NC2=CC(=O)/C(=N/S(=O)(=O)c3ccccc3)C=C2Nc2ccc(C)cc2)cc1. The lowest BCUT2D eigenvalue weighted by atomic mass is 10.0. The van der Waals surface area contributed by atoms with Gasteiger partial charge in [-0.3, -0.25) is 4.79 Å². The molecule has 0 aliphatic heterocycles. The summed E-state index contributed by atoms with van der Waals surface area (Å²) in [6.45, 7) is 3.99. The van der Waals surface area contributed by atoms with Gasteiger partial charge < -0.3 is 10.6 Å². The van der Waals surface area contributed by atoms with E-state index in [9.17, 15) is 13.2 Å². The molecule has 33 heavy (non-hydrogen) atoms. The fourth-order valence-electron chi connectivity index (χ4n) is 3.21. The third kappa shape index (κ3) is 5.45. The Bertz CT molecular complexity index is 1370. The molecule has 0 saturated carbocycles. The van der Waals surface area contributed by atoms with Gasteiger partial charge in [0.25, 0.3) is 10.0 Å². The van der Waals surface area contributed by atoms with E-state index in [1.807, 2.05) is 62.4 Å². The lowest BCUT2D eigenvalue weighted by Crippen LogP contribution is -2.23. The molecule has 0 heterocycles. The molecule has 0 radical (unpaired) electrons. The minimum Gasteiger partial charge on any atom is -0.354 e. The highest BCUT2D eigenvalue weighted by molar-refractivity contribution is 7.90. The summed E-state index contributed by atoms with van der Waals surface area (Å²) in [4.78, 5) is 12.8. The van der Waals surface area contributed by atoms with Gasteiger partial charge in [-0.15, -0.1) is 0 Å². The number of hydrogen-bond donors (Lipinski definition) is 2. The van der Waals surface area contributed by atoms with E-state index in [1.165, 1.54) is 24.3 Å². The topological polar surface area (TPSA) is 87.6 Å². The average Bonchev–Trinajstić information content (AvgIpc) is 2.80. The van der Waals surface area contributed by atoms with Gasteiger partial charge in [0, 0.05) is 17.5 Å². The molecule has 0 amide bonds. The number of nitrogens with one attached hydrogen (secondary N) is 2. The first-order valence-electron chi connectivity index (χ1n) is 10.4. The molecule has 0 aromatic heterocycles. The minimum absolute atomic E-state index is 0.0271. The maximum absolute atomic E-state index is 12.8. The molecule has 0 unspecified atom stereocenters.